The lowest BCUT2D eigenvalue weighted by molar-refractivity contribution is -0.179. The molecular formula is C27H33N3O8. The van der Waals surface area contributed by atoms with Crippen LogP contribution in [0.4, 0.5) is 0 Å². The molecular weight excluding hydrogens is 494 g/mol. The Kier molecular flexibility index (Phi) is 9.93. The van der Waals surface area contributed by atoms with Crippen LogP contribution in [0.3, 0.4) is 0 Å². The van der Waals surface area contributed by atoms with E-state index < -0.39 is 24.4 Å². The molecule has 0 saturated carbocycles. The fourth-order valence-corrected chi connectivity index (χ4v) is 4.20. The highest BCUT2D eigenvalue weighted by molar-refractivity contribution is 5.77. The highest BCUT2D eigenvalue weighted by Crippen LogP contribution is 2.34. The van der Waals surface area contributed by atoms with Gasteiger partial charge in [-0.05, 0) is 34.9 Å². The van der Waals surface area contributed by atoms with Gasteiger partial charge in [-0.25, -0.2) is 0 Å². The average molecular weight is 528 g/mol. The normalized spacial score (nSPS) is 21.4. The number of carbonyl (C=O) groups is 1. The maximum atomic E-state index is 12.1. The zero-order chi connectivity index (χ0) is 26.9. The minimum absolute atomic E-state index is 0.0309. The van der Waals surface area contributed by atoms with E-state index in [1.807, 2.05) is 48.5 Å². The van der Waals surface area contributed by atoms with Crippen molar-refractivity contribution >= 4 is 5.91 Å². The molecule has 4 N–H and O–H groups in total. The first-order chi connectivity index (χ1) is 18.5. The van der Waals surface area contributed by atoms with Crippen LogP contribution in [0.2, 0.25) is 0 Å². The van der Waals surface area contributed by atoms with Crippen LogP contribution >= 0.6 is 0 Å². The molecule has 11 nitrogen and oxygen atoms in total. The summed E-state index contributed by atoms with van der Waals surface area (Å²) in [5.74, 6) is 0.276. The summed E-state index contributed by atoms with van der Waals surface area (Å²) in [6, 6.07) is 15.0. The van der Waals surface area contributed by atoms with E-state index >= 15 is 0 Å². The predicted octanol–water partition coefficient (Wildman–Crippen LogP) is 1.27. The van der Waals surface area contributed by atoms with Crippen molar-refractivity contribution in [2.45, 2.75) is 37.3 Å². The van der Waals surface area contributed by atoms with Crippen LogP contribution in [0.25, 0.3) is 22.6 Å². The van der Waals surface area contributed by atoms with Gasteiger partial charge in [0, 0.05) is 25.6 Å². The fraction of sp³-hybridized carbons (Fsp3) is 0.444. The molecule has 4 atom stereocenters. The molecule has 4 unspecified atom stereocenters. The van der Waals surface area contributed by atoms with Crippen LogP contribution in [0.15, 0.2) is 52.9 Å². The smallest absolute Gasteiger partial charge is 0.247 e. The Labute approximate surface area is 220 Å². The SMILES string of the molecule is COCCOCCNC(=O)Cc1nnc(-c2ccc(-c3cccc(C4OC(CO)CC(O)C4O)c3)cc2)o1. The molecule has 1 aliphatic rings. The van der Waals surface area contributed by atoms with Gasteiger partial charge in [0.25, 0.3) is 0 Å². The number of hydrogen-bond acceptors (Lipinski definition) is 10. The summed E-state index contributed by atoms with van der Waals surface area (Å²) < 4.78 is 21.7. The van der Waals surface area contributed by atoms with Gasteiger partial charge < -0.3 is 39.3 Å². The van der Waals surface area contributed by atoms with E-state index in [4.69, 9.17) is 18.6 Å². The summed E-state index contributed by atoms with van der Waals surface area (Å²) in [5, 5.41) is 40.8. The number of carbonyl (C=O) groups excluding carboxylic acids is 1. The summed E-state index contributed by atoms with van der Waals surface area (Å²) >= 11 is 0. The van der Waals surface area contributed by atoms with Gasteiger partial charge in [0.2, 0.25) is 17.7 Å². The van der Waals surface area contributed by atoms with Gasteiger partial charge >= 0.3 is 0 Å². The minimum atomic E-state index is -1.08. The number of benzene rings is 2. The van der Waals surface area contributed by atoms with Crippen molar-refractivity contribution in [3.63, 3.8) is 0 Å². The molecule has 3 aromatic rings. The molecule has 0 radical (unpaired) electrons. The molecule has 1 fully saturated rings. The molecule has 0 aliphatic carbocycles. The van der Waals surface area contributed by atoms with Gasteiger partial charge in [0.05, 0.1) is 38.6 Å². The van der Waals surface area contributed by atoms with Crippen LogP contribution < -0.4 is 5.32 Å². The molecule has 4 rings (SSSR count). The quantitative estimate of drug-likeness (QED) is 0.253. The minimum Gasteiger partial charge on any atom is -0.420 e. The number of ether oxygens (including phenoxy) is 3. The highest BCUT2D eigenvalue weighted by atomic mass is 16.5. The summed E-state index contributed by atoms with van der Waals surface area (Å²) in [6.45, 7) is 1.51. The van der Waals surface area contributed by atoms with Crippen molar-refractivity contribution in [1.82, 2.24) is 15.5 Å². The largest absolute Gasteiger partial charge is 0.420 e. The molecule has 0 spiro atoms. The van der Waals surface area contributed by atoms with Crippen LogP contribution in [0, 0.1) is 0 Å². The van der Waals surface area contributed by atoms with E-state index in [0.717, 1.165) is 11.1 Å². The van der Waals surface area contributed by atoms with Crippen LogP contribution in [-0.2, 0) is 25.4 Å². The zero-order valence-electron chi connectivity index (χ0n) is 21.2. The Morgan fingerprint density at radius 2 is 1.84 bits per heavy atom. The van der Waals surface area contributed by atoms with Crippen LogP contribution in [0.5, 0.6) is 0 Å². The fourth-order valence-electron chi connectivity index (χ4n) is 4.20. The summed E-state index contributed by atoms with van der Waals surface area (Å²) in [4.78, 5) is 12.1. The first kappa shape index (κ1) is 27.8. The van der Waals surface area contributed by atoms with E-state index in [9.17, 15) is 20.1 Å². The maximum Gasteiger partial charge on any atom is 0.247 e. The Hall–Kier alpha value is -3.19. The second-order valence-electron chi connectivity index (χ2n) is 8.99. The lowest BCUT2D eigenvalue weighted by atomic mass is 9.91. The number of rotatable bonds is 12. The highest BCUT2D eigenvalue weighted by Gasteiger charge is 2.37. The van der Waals surface area contributed by atoms with E-state index in [1.54, 1.807) is 7.11 Å². The first-order valence-electron chi connectivity index (χ1n) is 12.5. The van der Waals surface area contributed by atoms with Gasteiger partial charge in [-0.15, -0.1) is 10.2 Å². The topological polar surface area (TPSA) is 156 Å². The molecule has 2 heterocycles. The van der Waals surface area contributed by atoms with Gasteiger partial charge in [-0.3, -0.25) is 4.79 Å². The van der Waals surface area contributed by atoms with Crippen LogP contribution in [-0.4, -0.2) is 89.8 Å². The molecule has 204 valence electrons. The van der Waals surface area contributed by atoms with E-state index in [-0.39, 0.29) is 31.2 Å². The van der Waals surface area contributed by atoms with Gasteiger partial charge in [0.1, 0.15) is 18.6 Å². The first-order valence-corrected chi connectivity index (χ1v) is 12.5. The molecule has 0 bridgehead atoms. The van der Waals surface area contributed by atoms with E-state index in [2.05, 4.69) is 15.5 Å². The number of aliphatic hydroxyl groups is 3. The average Bonchev–Trinajstić information content (AvgIpc) is 3.40. The standard InChI is InChI=1S/C27H33N3O8/c1-35-11-12-36-10-9-28-23(33)15-24-29-30-27(38-24)18-7-5-17(6-8-18)19-3-2-4-20(13-19)26-25(34)22(32)14-21(16-31)37-26/h2-8,13,21-22,25-26,31-32,34H,9-12,14-16H2,1H3,(H,28,33). The Morgan fingerprint density at radius 3 is 2.61 bits per heavy atom. The number of amides is 1. The summed E-state index contributed by atoms with van der Waals surface area (Å²) in [5.41, 5.74) is 3.21. The molecule has 11 heteroatoms. The van der Waals surface area contributed by atoms with E-state index in [1.165, 1.54) is 0 Å². The number of aliphatic hydroxyl groups excluding tert-OH is 3. The summed E-state index contributed by atoms with van der Waals surface area (Å²) in [6.07, 6.45) is -3.18. The molecule has 1 saturated heterocycles. The summed E-state index contributed by atoms with van der Waals surface area (Å²) in [7, 11) is 1.60. The Bertz CT molecular complexity index is 1170. The number of aromatic nitrogens is 2. The molecule has 38 heavy (non-hydrogen) atoms. The second-order valence-corrected chi connectivity index (χ2v) is 8.99. The Balaban J connectivity index is 1.36. The van der Waals surface area contributed by atoms with Crippen molar-refractivity contribution in [1.29, 1.82) is 0 Å². The van der Waals surface area contributed by atoms with E-state index in [0.29, 0.717) is 43.4 Å². The van der Waals surface area contributed by atoms with Crippen molar-refractivity contribution in [3.05, 3.63) is 60.0 Å². The van der Waals surface area contributed by atoms with Crippen molar-refractivity contribution < 1.29 is 38.7 Å². The van der Waals surface area contributed by atoms with Gasteiger partial charge in [-0.1, -0.05) is 30.3 Å². The van der Waals surface area contributed by atoms with Crippen molar-refractivity contribution in [2.75, 3.05) is 40.1 Å². The number of nitrogens with zero attached hydrogens (tertiary/aromatic N) is 2. The molecule has 1 amide bonds. The van der Waals surface area contributed by atoms with Gasteiger partial charge in [-0.2, -0.15) is 0 Å². The predicted molar refractivity (Wildman–Crippen MR) is 136 cm³/mol. The Morgan fingerprint density at radius 1 is 1.05 bits per heavy atom. The van der Waals surface area contributed by atoms with Gasteiger partial charge in [0.15, 0.2) is 0 Å². The number of nitrogens with one attached hydrogen (secondary N) is 1. The maximum absolute atomic E-state index is 12.1. The number of methoxy groups -OCH3 is 1. The van der Waals surface area contributed by atoms with Crippen molar-refractivity contribution in [2.24, 2.45) is 0 Å². The lowest BCUT2D eigenvalue weighted by Crippen LogP contribution is -2.44. The molecule has 2 aromatic carbocycles. The monoisotopic (exact) mass is 527 g/mol. The number of hydrogen-bond donors (Lipinski definition) is 4. The third-order valence-electron chi connectivity index (χ3n) is 6.21. The molecule has 1 aromatic heterocycles. The molecule has 1 aliphatic heterocycles. The lowest BCUT2D eigenvalue weighted by Gasteiger charge is -2.37. The van der Waals surface area contributed by atoms with Crippen molar-refractivity contribution in [3.8, 4) is 22.6 Å². The van der Waals surface area contributed by atoms with Crippen LogP contribution in [0.1, 0.15) is 24.0 Å². The zero-order valence-corrected chi connectivity index (χ0v) is 21.2. The third kappa shape index (κ3) is 7.22. The third-order valence-corrected chi connectivity index (χ3v) is 6.21. The second kappa shape index (κ2) is 13.6.